The van der Waals surface area contributed by atoms with E-state index in [1.807, 2.05) is 30.3 Å². The maximum Gasteiger partial charge on any atom is 0.0654 e. The van der Waals surface area contributed by atoms with E-state index in [2.05, 4.69) is 42.5 Å². The Hall–Kier alpha value is -1.47. The summed E-state index contributed by atoms with van der Waals surface area (Å²) >= 11 is 5.83. The lowest BCUT2D eigenvalue weighted by atomic mass is 10.1. The van der Waals surface area contributed by atoms with E-state index < -0.39 is 0 Å². The molecule has 0 amide bonds. The van der Waals surface area contributed by atoms with Crippen LogP contribution in [0.2, 0.25) is 5.02 Å². The van der Waals surface area contributed by atoms with Gasteiger partial charge in [0.05, 0.1) is 6.04 Å². The highest BCUT2D eigenvalue weighted by Gasteiger charge is 2.05. The van der Waals surface area contributed by atoms with E-state index in [0.29, 0.717) is 6.04 Å². The van der Waals surface area contributed by atoms with Crippen molar-refractivity contribution in [2.75, 3.05) is 7.05 Å². The monoisotopic (exact) mass is 231 g/mol. The van der Waals surface area contributed by atoms with Crippen LogP contribution in [0.3, 0.4) is 0 Å². The summed E-state index contributed by atoms with van der Waals surface area (Å²) in [6.07, 6.45) is 12.6. The van der Waals surface area contributed by atoms with Gasteiger partial charge in [0, 0.05) is 12.1 Å². The Morgan fingerprint density at radius 1 is 1.19 bits per heavy atom. The van der Waals surface area contributed by atoms with Crippen molar-refractivity contribution in [3.63, 3.8) is 0 Å². The van der Waals surface area contributed by atoms with Crippen LogP contribution < -0.4 is 0 Å². The Morgan fingerprint density at radius 3 is 2.62 bits per heavy atom. The molecule has 1 atom stereocenters. The standard InChI is InChI=1S/C14H14ClN/c1-16-11-3-2-4-14(16)10-7-12-5-8-13(15)9-6-12/h2-11,14H,1H3/b10-7+. The number of rotatable bonds is 2. The molecule has 0 saturated heterocycles. The molecule has 16 heavy (non-hydrogen) atoms. The number of benzene rings is 1. The van der Waals surface area contributed by atoms with Crippen LogP contribution >= 0.6 is 11.6 Å². The lowest BCUT2D eigenvalue weighted by molar-refractivity contribution is 0.434. The highest BCUT2D eigenvalue weighted by molar-refractivity contribution is 6.30. The van der Waals surface area contributed by atoms with Crippen LogP contribution in [0.15, 0.2) is 54.8 Å². The van der Waals surface area contributed by atoms with Crippen molar-refractivity contribution in [1.82, 2.24) is 4.90 Å². The summed E-state index contributed by atoms with van der Waals surface area (Å²) in [6, 6.07) is 8.17. The van der Waals surface area contributed by atoms with Crippen LogP contribution in [-0.4, -0.2) is 18.0 Å². The Labute approximate surface area is 101 Å². The van der Waals surface area contributed by atoms with Gasteiger partial charge in [-0.15, -0.1) is 0 Å². The van der Waals surface area contributed by atoms with Gasteiger partial charge in [-0.3, -0.25) is 0 Å². The second-order valence-corrected chi connectivity index (χ2v) is 4.23. The summed E-state index contributed by atoms with van der Waals surface area (Å²) in [5.74, 6) is 0. The SMILES string of the molecule is CN1C=CC=CC1/C=C/c1ccc(Cl)cc1. The molecular formula is C14H14ClN. The number of halogens is 1. The summed E-state index contributed by atoms with van der Waals surface area (Å²) in [5.41, 5.74) is 1.17. The number of hydrogen-bond donors (Lipinski definition) is 0. The van der Waals surface area contributed by atoms with E-state index in [4.69, 9.17) is 11.6 Å². The maximum absolute atomic E-state index is 5.83. The van der Waals surface area contributed by atoms with Crippen LogP contribution in [-0.2, 0) is 0 Å². The van der Waals surface area contributed by atoms with Gasteiger partial charge >= 0.3 is 0 Å². The van der Waals surface area contributed by atoms with Gasteiger partial charge in [0.2, 0.25) is 0 Å². The van der Waals surface area contributed by atoms with E-state index in [1.165, 1.54) is 5.56 Å². The summed E-state index contributed by atoms with van der Waals surface area (Å²) in [5, 5.41) is 0.773. The normalized spacial score (nSPS) is 19.6. The van der Waals surface area contributed by atoms with Gasteiger partial charge in [-0.25, -0.2) is 0 Å². The molecule has 0 bridgehead atoms. The first-order valence-corrected chi connectivity index (χ1v) is 5.64. The lowest BCUT2D eigenvalue weighted by Gasteiger charge is -2.23. The van der Waals surface area contributed by atoms with Gasteiger partial charge in [-0.05, 0) is 30.0 Å². The third kappa shape index (κ3) is 2.77. The molecule has 1 aliphatic heterocycles. The average molecular weight is 232 g/mol. The van der Waals surface area contributed by atoms with Crippen LogP contribution in [0.4, 0.5) is 0 Å². The Bertz CT molecular complexity index is 429. The number of hydrogen-bond acceptors (Lipinski definition) is 1. The second kappa shape index (κ2) is 5.04. The molecule has 1 aromatic carbocycles. The van der Waals surface area contributed by atoms with Crippen LogP contribution in [0.5, 0.6) is 0 Å². The molecule has 0 radical (unpaired) electrons. The van der Waals surface area contributed by atoms with Crippen molar-refractivity contribution in [2.45, 2.75) is 6.04 Å². The van der Waals surface area contributed by atoms with Crippen molar-refractivity contribution < 1.29 is 0 Å². The molecule has 0 saturated carbocycles. The van der Waals surface area contributed by atoms with Gasteiger partial charge in [0.15, 0.2) is 0 Å². The van der Waals surface area contributed by atoms with Crippen LogP contribution in [0.25, 0.3) is 6.08 Å². The number of nitrogens with zero attached hydrogens (tertiary/aromatic N) is 1. The fourth-order valence-corrected chi connectivity index (χ4v) is 1.71. The Kier molecular flexibility index (Phi) is 3.47. The zero-order valence-electron chi connectivity index (χ0n) is 9.18. The zero-order chi connectivity index (χ0) is 11.4. The molecule has 0 N–H and O–H groups in total. The van der Waals surface area contributed by atoms with E-state index in [9.17, 15) is 0 Å². The van der Waals surface area contributed by atoms with E-state index in [-0.39, 0.29) is 0 Å². The summed E-state index contributed by atoms with van der Waals surface area (Å²) in [7, 11) is 2.07. The third-order valence-corrected chi connectivity index (χ3v) is 2.82. The Morgan fingerprint density at radius 2 is 1.94 bits per heavy atom. The molecular weight excluding hydrogens is 218 g/mol. The van der Waals surface area contributed by atoms with Gasteiger partial charge < -0.3 is 4.90 Å². The molecule has 82 valence electrons. The van der Waals surface area contributed by atoms with E-state index >= 15 is 0 Å². The third-order valence-electron chi connectivity index (χ3n) is 2.57. The van der Waals surface area contributed by atoms with Crippen LogP contribution in [0, 0.1) is 0 Å². The molecule has 0 fully saturated rings. The second-order valence-electron chi connectivity index (χ2n) is 3.79. The highest BCUT2D eigenvalue weighted by atomic mass is 35.5. The molecule has 0 spiro atoms. The summed E-state index contributed by atoms with van der Waals surface area (Å²) in [4.78, 5) is 2.16. The fraction of sp³-hybridized carbons (Fsp3) is 0.143. The number of allylic oxidation sites excluding steroid dienone is 2. The van der Waals surface area contributed by atoms with Gasteiger partial charge in [-0.2, -0.15) is 0 Å². The minimum Gasteiger partial charge on any atom is -0.371 e. The molecule has 1 heterocycles. The molecule has 1 aliphatic rings. The highest BCUT2D eigenvalue weighted by Crippen LogP contribution is 2.13. The van der Waals surface area contributed by atoms with Crippen molar-refractivity contribution in [1.29, 1.82) is 0 Å². The minimum absolute atomic E-state index is 0.334. The van der Waals surface area contributed by atoms with Crippen molar-refractivity contribution in [3.05, 3.63) is 65.4 Å². The first-order chi connectivity index (χ1) is 7.75. The Balaban J connectivity index is 2.06. The first kappa shape index (κ1) is 11.0. The maximum atomic E-state index is 5.83. The van der Waals surface area contributed by atoms with Gasteiger partial charge in [-0.1, -0.05) is 48.0 Å². The predicted octanol–water partition coefficient (Wildman–Crippen LogP) is 3.74. The quantitative estimate of drug-likeness (QED) is 0.750. The fourth-order valence-electron chi connectivity index (χ4n) is 1.58. The van der Waals surface area contributed by atoms with Crippen molar-refractivity contribution >= 4 is 17.7 Å². The molecule has 1 aromatic rings. The predicted molar refractivity (Wildman–Crippen MR) is 70.3 cm³/mol. The molecule has 2 rings (SSSR count). The topological polar surface area (TPSA) is 3.24 Å². The molecule has 1 unspecified atom stereocenters. The smallest absolute Gasteiger partial charge is 0.0654 e. The zero-order valence-corrected chi connectivity index (χ0v) is 9.93. The van der Waals surface area contributed by atoms with E-state index in [1.54, 1.807) is 0 Å². The first-order valence-electron chi connectivity index (χ1n) is 5.26. The molecule has 0 aliphatic carbocycles. The van der Waals surface area contributed by atoms with Crippen molar-refractivity contribution in [3.8, 4) is 0 Å². The van der Waals surface area contributed by atoms with E-state index in [0.717, 1.165) is 5.02 Å². The van der Waals surface area contributed by atoms with Gasteiger partial charge in [0.1, 0.15) is 0 Å². The summed E-state index contributed by atoms with van der Waals surface area (Å²) < 4.78 is 0. The van der Waals surface area contributed by atoms with Crippen molar-refractivity contribution in [2.24, 2.45) is 0 Å². The number of likely N-dealkylation sites (N-methyl/N-ethyl adjacent to an activating group) is 1. The van der Waals surface area contributed by atoms with Crippen LogP contribution in [0.1, 0.15) is 5.56 Å². The average Bonchev–Trinajstić information content (AvgIpc) is 2.30. The van der Waals surface area contributed by atoms with Gasteiger partial charge in [0.25, 0.3) is 0 Å². The lowest BCUT2D eigenvalue weighted by Crippen LogP contribution is -2.24. The molecule has 1 nitrogen and oxygen atoms in total. The largest absolute Gasteiger partial charge is 0.371 e. The molecule has 2 heteroatoms. The molecule has 0 aromatic heterocycles. The minimum atomic E-state index is 0.334. The summed E-state index contributed by atoms with van der Waals surface area (Å²) in [6.45, 7) is 0.